The lowest BCUT2D eigenvalue weighted by Gasteiger charge is -2.23. The first-order valence-corrected chi connectivity index (χ1v) is 17.1. The average molecular weight is 722 g/mol. The lowest BCUT2D eigenvalue weighted by molar-refractivity contribution is -0.385. The molecule has 52 heavy (non-hydrogen) atoms. The molecule has 0 saturated heterocycles. The molecule has 1 aliphatic rings. The van der Waals surface area contributed by atoms with E-state index in [1.807, 2.05) is 60.7 Å². The van der Waals surface area contributed by atoms with E-state index in [1.54, 1.807) is 32.0 Å². The number of aromatic nitrogens is 1. The van der Waals surface area contributed by atoms with Gasteiger partial charge in [-0.2, -0.15) is 0 Å². The first-order valence-electron chi connectivity index (χ1n) is 16.3. The molecule has 0 unspecified atom stereocenters. The Hall–Kier alpha value is -6.21. The smallest absolute Gasteiger partial charge is 0.338 e. The first kappa shape index (κ1) is 35.6. The molecule has 1 atom stereocenters. The highest BCUT2D eigenvalue weighted by Crippen LogP contribution is 2.38. The van der Waals surface area contributed by atoms with Crippen molar-refractivity contribution in [2.45, 2.75) is 33.1 Å². The SMILES string of the molecule is CCOC(=O)C1=C(C)n2c(s/c(=C\c3cc(OC)c(OCc4ccccc4)cc3[N+](=O)[O-])c2=O)=N[C@@H]1c1ccc(OCc2ccccc2)c(OC)c1. The second-order valence-corrected chi connectivity index (χ2v) is 12.6. The van der Waals surface area contributed by atoms with Gasteiger partial charge in [-0.05, 0) is 54.8 Å². The number of fused-ring (bicyclic) bond motifs is 1. The summed E-state index contributed by atoms with van der Waals surface area (Å²) in [6, 6.07) is 26.2. The first-order chi connectivity index (χ1) is 25.2. The second kappa shape index (κ2) is 15.8. The Labute approximate surface area is 302 Å². The van der Waals surface area contributed by atoms with Crippen molar-refractivity contribution in [3.8, 4) is 23.0 Å². The number of nitro benzene ring substituents is 1. The number of hydrogen-bond acceptors (Lipinski definition) is 11. The number of thiazole rings is 1. The van der Waals surface area contributed by atoms with Gasteiger partial charge >= 0.3 is 5.97 Å². The lowest BCUT2D eigenvalue weighted by atomic mass is 9.96. The van der Waals surface area contributed by atoms with Gasteiger partial charge in [-0.3, -0.25) is 19.5 Å². The zero-order valence-corrected chi connectivity index (χ0v) is 29.7. The molecule has 13 heteroatoms. The quantitative estimate of drug-likeness (QED) is 0.0815. The molecule has 0 spiro atoms. The number of carbonyl (C=O) groups excluding carboxylic acids is 1. The molecule has 1 aromatic heterocycles. The van der Waals surface area contributed by atoms with Crippen LogP contribution in [0.25, 0.3) is 11.8 Å². The van der Waals surface area contributed by atoms with Gasteiger partial charge in [0.1, 0.15) is 19.3 Å². The van der Waals surface area contributed by atoms with Gasteiger partial charge in [-0.15, -0.1) is 0 Å². The van der Waals surface area contributed by atoms with Crippen LogP contribution in [0.15, 0.2) is 106 Å². The van der Waals surface area contributed by atoms with Gasteiger partial charge in [-0.25, -0.2) is 9.79 Å². The lowest BCUT2D eigenvalue weighted by Crippen LogP contribution is -2.35. The van der Waals surface area contributed by atoms with Crippen LogP contribution in [0.3, 0.4) is 0 Å². The molecule has 0 bridgehead atoms. The van der Waals surface area contributed by atoms with Crippen LogP contribution in [0.1, 0.15) is 42.1 Å². The summed E-state index contributed by atoms with van der Waals surface area (Å²) in [6.07, 6.45) is 1.42. The van der Waals surface area contributed by atoms with E-state index in [2.05, 4.69) is 0 Å². The van der Waals surface area contributed by atoms with Crippen LogP contribution < -0.4 is 33.8 Å². The number of nitro groups is 1. The third-order valence-corrected chi connectivity index (χ3v) is 9.30. The number of esters is 1. The van der Waals surface area contributed by atoms with Crippen molar-refractivity contribution in [2.75, 3.05) is 20.8 Å². The Morgan fingerprint density at radius 2 is 1.50 bits per heavy atom. The molecule has 12 nitrogen and oxygen atoms in total. The van der Waals surface area contributed by atoms with Gasteiger partial charge in [-0.1, -0.05) is 78.1 Å². The number of hydrogen-bond donors (Lipinski definition) is 0. The number of methoxy groups -OCH3 is 2. The third-order valence-electron chi connectivity index (χ3n) is 8.31. The van der Waals surface area contributed by atoms with Gasteiger partial charge in [0.05, 0.1) is 47.5 Å². The second-order valence-electron chi connectivity index (χ2n) is 11.6. The summed E-state index contributed by atoms with van der Waals surface area (Å²) in [5.74, 6) is 0.746. The van der Waals surface area contributed by atoms with E-state index < -0.39 is 22.5 Å². The molecule has 0 aliphatic carbocycles. The zero-order valence-electron chi connectivity index (χ0n) is 28.9. The van der Waals surface area contributed by atoms with Crippen LogP contribution in [-0.2, 0) is 22.7 Å². The fourth-order valence-electron chi connectivity index (χ4n) is 5.75. The van der Waals surface area contributed by atoms with Crippen LogP contribution in [0, 0.1) is 10.1 Å². The number of benzene rings is 4. The molecular formula is C39H35N3O9S. The van der Waals surface area contributed by atoms with E-state index in [0.717, 1.165) is 22.5 Å². The van der Waals surface area contributed by atoms with E-state index >= 15 is 0 Å². The predicted molar refractivity (Wildman–Crippen MR) is 195 cm³/mol. The van der Waals surface area contributed by atoms with Crippen molar-refractivity contribution >= 4 is 34.8 Å². The van der Waals surface area contributed by atoms with Gasteiger partial charge < -0.3 is 23.7 Å². The van der Waals surface area contributed by atoms with Crippen molar-refractivity contribution in [3.05, 3.63) is 149 Å². The molecule has 0 saturated carbocycles. The van der Waals surface area contributed by atoms with Gasteiger partial charge in [0, 0.05) is 5.70 Å². The molecule has 0 fully saturated rings. The summed E-state index contributed by atoms with van der Waals surface area (Å²) in [7, 11) is 2.95. The predicted octanol–water partition coefficient (Wildman–Crippen LogP) is 5.99. The molecule has 266 valence electrons. The topological polar surface area (TPSA) is 141 Å². The third kappa shape index (κ3) is 7.44. The minimum absolute atomic E-state index is 0.110. The Kier molecular flexibility index (Phi) is 10.8. The molecule has 6 rings (SSSR count). The van der Waals surface area contributed by atoms with Crippen molar-refractivity contribution in [3.63, 3.8) is 0 Å². The number of carbonyl (C=O) groups is 1. The summed E-state index contributed by atoms with van der Waals surface area (Å²) in [6.45, 7) is 3.95. The molecule has 2 heterocycles. The largest absolute Gasteiger partial charge is 0.493 e. The van der Waals surface area contributed by atoms with Gasteiger partial charge in [0.25, 0.3) is 11.2 Å². The highest BCUT2D eigenvalue weighted by molar-refractivity contribution is 7.07. The summed E-state index contributed by atoms with van der Waals surface area (Å²) < 4.78 is 30.0. The van der Waals surface area contributed by atoms with Crippen LogP contribution in [0.4, 0.5) is 5.69 Å². The summed E-state index contributed by atoms with van der Waals surface area (Å²) in [5.41, 5.74) is 2.32. The Balaban J connectivity index is 1.42. The zero-order chi connectivity index (χ0) is 36.8. The van der Waals surface area contributed by atoms with Gasteiger partial charge in [0.2, 0.25) is 0 Å². The van der Waals surface area contributed by atoms with E-state index in [9.17, 15) is 19.7 Å². The van der Waals surface area contributed by atoms with Crippen LogP contribution in [-0.4, -0.2) is 36.3 Å². The van der Waals surface area contributed by atoms with E-state index in [1.165, 1.54) is 37.0 Å². The minimum Gasteiger partial charge on any atom is -0.493 e. The van der Waals surface area contributed by atoms with E-state index in [0.29, 0.717) is 34.2 Å². The molecule has 5 aromatic rings. The Morgan fingerprint density at radius 3 is 2.10 bits per heavy atom. The van der Waals surface area contributed by atoms with Crippen LogP contribution >= 0.6 is 11.3 Å². The minimum atomic E-state index is -0.850. The van der Waals surface area contributed by atoms with Crippen molar-refractivity contribution in [1.82, 2.24) is 4.57 Å². The normalized spacial score (nSPS) is 13.9. The maximum atomic E-state index is 13.9. The molecular weight excluding hydrogens is 687 g/mol. The van der Waals surface area contributed by atoms with Crippen molar-refractivity contribution in [1.29, 1.82) is 0 Å². The molecule has 0 N–H and O–H groups in total. The number of allylic oxidation sites excluding steroid dienone is 1. The number of ether oxygens (including phenoxy) is 5. The molecule has 0 amide bonds. The average Bonchev–Trinajstić information content (AvgIpc) is 3.48. The molecule has 4 aromatic carbocycles. The summed E-state index contributed by atoms with van der Waals surface area (Å²) >= 11 is 1.04. The van der Waals surface area contributed by atoms with E-state index in [4.69, 9.17) is 28.7 Å². The molecule has 1 aliphatic heterocycles. The highest BCUT2D eigenvalue weighted by atomic mass is 32.1. The van der Waals surface area contributed by atoms with E-state index in [-0.39, 0.29) is 46.1 Å². The Morgan fingerprint density at radius 1 is 0.885 bits per heavy atom. The maximum Gasteiger partial charge on any atom is 0.338 e. The van der Waals surface area contributed by atoms with Crippen LogP contribution in [0.5, 0.6) is 23.0 Å². The summed E-state index contributed by atoms with van der Waals surface area (Å²) in [5, 5.41) is 12.3. The standard InChI is InChI=1S/C39H35N3O9S/c1-5-49-38(44)35-24(2)41-37(43)34(20-28-19-32(48-4)33(21-29(28)42(45)46)51-23-26-14-10-7-11-15-26)52-39(41)40-36(35)27-16-17-30(31(18-27)47-3)50-22-25-12-8-6-9-13-25/h6-21,36H,5,22-23H2,1-4H3/b34-20-/t36-/m1/s1. The summed E-state index contributed by atoms with van der Waals surface area (Å²) in [4.78, 5) is 44.2. The monoisotopic (exact) mass is 721 g/mol. The number of nitrogens with zero attached hydrogens (tertiary/aromatic N) is 3. The molecule has 0 radical (unpaired) electrons. The fraction of sp³-hybridized carbons (Fsp3) is 0.205. The number of rotatable bonds is 13. The van der Waals surface area contributed by atoms with Crippen molar-refractivity contribution < 1.29 is 33.4 Å². The Bertz CT molecular complexity index is 2330. The van der Waals surface area contributed by atoms with Gasteiger partial charge in [0.15, 0.2) is 27.8 Å². The maximum absolute atomic E-state index is 13.9. The fourth-order valence-corrected chi connectivity index (χ4v) is 6.79. The highest BCUT2D eigenvalue weighted by Gasteiger charge is 2.32. The van der Waals surface area contributed by atoms with Crippen molar-refractivity contribution in [2.24, 2.45) is 4.99 Å². The van der Waals surface area contributed by atoms with Crippen LogP contribution in [0.2, 0.25) is 0 Å².